The van der Waals surface area contributed by atoms with E-state index in [9.17, 15) is 26.3 Å². The fourth-order valence-electron chi connectivity index (χ4n) is 2.57. The van der Waals surface area contributed by atoms with Gasteiger partial charge in [0.15, 0.2) is 5.69 Å². The van der Waals surface area contributed by atoms with Gasteiger partial charge in [-0.05, 0) is 30.3 Å². The largest absolute Gasteiger partial charge is 0.489 e. The Balaban J connectivity index is 1.90. The van der Waals surface area contributed by atoms with Crippen LogP contribution >= 0.6 is 0 Å². The fourth-order valence-corrected chi connectivity index (χ4v) is 2.57. The summed E-state index contributed by atoms with van der Waals surface area (Å²) in [6, 6.07) is 8.86. The van der Waals surface area contributed by atoms with Crippen molar-refractivity contribution in [2.24, 2.45) is 0 Å². The predicted molar refractivity (Wildman–Crippen MR) is 87.3 cm³/mol. The number of rotatable bonds is 4. The number of H-pyrrole nitrogens is 1. The Hall–Kier alpha value is -3.55. The van der Waals surface area contributed by atoms with Crippen LogP contribution in [0.5, 0.6) is 5.75 Å². The number of nitriles is 1. The second kappa shape index (κ2) is 7.46. The molecule has 3 rings (SSSR count). The van der Waals surface area contributed by atoms with Crippen molar-refractivity contribution in [1.82, 2.24) is 15.4 Å². The zero-order valence-electron chi connectivity index (χ0n) is 14.3. The van der Waals surface area contributed by atoms with E-state index in [1.165, 1.54) is 18.2 Å². The number of nitrogens with one attached hydrogen (secondary N) is 1. The van der Waals surface area contributed by atoms with E-state index in [1.54, 1.807) is 6.07 Å². The van der Waals surface area contributed by atoms with E-state index in [0.29, 0.717) is 23.8 Å². The molecule has 150 valence electrons. The molecular weight excluding hydrogens is 402 g/mol. The lowest BCUT2D eigenvalue weighted by molar-refractivity contribution is -0.142. The molecular formula is C18H10F6N4O. The number of aromatic amines is 1. The van der Waals surface area contributed by atoms with Crippen molar-refractivity contribution in [3.8, 4) is 23.1 Å². The van der Waals surface area contributed by atoms with Gasteiger partial charge in [-0.3, -0.25) is 0 Å². The maximum atomic E-state index is 13.1. The van der Waals surface area contributed by atoms with Gasteiger partial charge < -0.3 is 4.74 Å². The van der Waals surface area contributed by atoms with E-state index in [1.807, 2.05) is 6.07 Å². The Labute approximate surface area is 159 Å². The van der Waals surface area contributed by atoms with Crippen LogP contribution in [0.1, 0.15) is 22.4 Å². The predicted octanol–water partition coefficient (Wildman–Crippen LogP) is 4.96. The Bertz CT molecular complexity index is 1070. The lowest BCUT2D eigenvalue weighted by Gasteiger charge is -2.16. The van der Waals surface area contributed by atoms with Crippen molar-refractivity contribution < 1.29 is 31.1 Å². The average molecular weight is 412 g/mol. The van der Waals surface area contributed by atoms with E-state index in [2.05, 4.69) is 15.4 Å². The van der Waals surface area contributed by atoms with E-state index in [-0.39, 0.29) is 17.1 Å². The van der Waals surface area contributed by atoms with Crippen molar-refractivity contribution >= 4 is 0 Å². The Morgan fingerprint density at radius 1 is 0.966 bits per heavy atom. The van der Waals surface area contributed by atoms with Crippen LogP contribution < -0.4 is 4.74 Å². The SMILES string of the molecule is N#Cc1n[nH]nc1-c1cccc(OCc2cc(C(F)(F)F)ccc2C(F)(F)F)c1. The minimum atomic E-state index is -4.84. The van der Waals surface area contributed by atoms with Crippen molar-refractivity contribution in [2.75, 3.05) is 0 Å². The molecule has 0 radical (unpaired) electrons. The average Bonchev–Trinajstić information content (AvgIpc) is 3.14. The first-order valence-electron chi connectivity index (χ1n) is 7.91. The second-order valence-electron chi connectivity index (χ2n) is 5.82. The van der Waals surface area contributed by atoms with Gasteiger partial charge in [0.2, 0.25) is 0 Å². The first-order valence-corrected chi connectivity index (χ1v) is 7.91. The first-order chi connectivity index (χ1) is 13.6. The maximum Gasteiger partial charge on any atom is 0.416 e. The molecule has 1 heterocycles. The van der Waals surface area contributed by atoms with Gasteiger partial charge in [0.05, 0.1) is 11.1 Å². The van der Waals surface area contributed by atoms with Crippen molar-refractivity contribution in [3.05, 3.63) is 64.8 Å². The number of halogens is 6. The third-order valence-electron chi connectivity index (χ3n) is 3.89. The summed E-state index contributed by atoms with van der Waals surface area (Å²) in [5.41, 5.74) is -2.49. The topological polar surface area (TPSA) is 74.6 Å². The number of ether oxygens (including phenoxy) is 1. The second-order valence-corrected chi connectivity index (χ2v) is 5.82. The molecule has 3 aromatic rings. The molecule has 1 N–H and O–H groups in total. The van der Waals surface area contributed by atoms with E-state index < -0.39 is 35.6 Å². The molecule has 0 aliphatic heterocycles. The van der Waals surface area contributed by atoms with Gasteiger partial charge >= 0.3 is 12.4 Å². The van der Waals surface area contributed by atoms with Crippen LogP contribution in [0.4, 0.5) is 26.3 Å². The van der Waals surface area contributed by atoms with Gasteiger partial charge in [-0.25, -0.2) is 0 Å². The molecule has 0 spiro atoms. The van der Waals surface area contributed by atoms with Crippen molar-refractivity contribution in [1.29, 1.82) is 5.26 Å². The van der Waals surface area contributed by atoms with Gasteiger partial charge in [0.25, 0.3) is 0 Å². The molecule has 0 unspecified atom stereocenters. The van der Waals surface area contributed by atoms with Crippen LogP contribution in [0.2, 0.25) is 0 Å². The summed E-state index contributed by atoms with van der Waals surface area (Å²) in [5, 5.41) is 18.7. The van der Waals surface area contributed by atoms with Gasteiger partial charge in [0, 0.05) is 11.1 Å². The molecule has 0 saturated heterocycles. The van der Waals surface area contributed by atoms with Gasteiger partial charge in [-0.2, -0.15) is 41.9 Å². The Morgan fingerprint density at radius 2 is 1.72 bits per heavy atom. The summed E-state index contributed by atoms with van der Waals surface area (Å²) >= 11 is 0. The Kier molecular flexibility index (Phi) is 5.19. The quantitative estimate of drug-likeness (QED) is 0.615. The number of alkyl halides is 6. The summed E-state index contributed by atoms with van der Waals surface area (Å²) in [6.45, 7) is -0.744. The highest BCUT2D eigenvalue weighted by atomic mass is 19.4. The minimum Gasteiger partial charge on any atom is -0.489 e. The van der Waals surface area contributed by atoms with Crippen LogP contribution in [0.15, 0.2) is 42.5 Å². The van der Waals surface area contributed by atoms with E-state index >= 15 is 0 Å². The number of hydrogen-bond donors (Lipinski definition) is 1. The van der Waals surface area contributed by atoms with Gasteiger partial charge in [0.1, 0.15) is 24.1 Å². The number of benzene rings is 2. The third-order valence-corrected chi connectivity index (χ3v) is 3.89. The molecule has 5 nitrogen and oxygen atoms in total. The fraction of sp³-hybridized carbons (Fsp3) is 0.167. The molecule has 29 heavy (non-hydrogen) atoms. The van der Waals surface area contributed by atoms with Crippen LogP contribution in [-0.4, -0.2) is 15.4 Å². The van der Waals surface area contributed by atoms with Gasteiger partial charge in [-0.15, -0.1) is 5.10 Å². The molecule has 0 aliphatic rings. The molecule has 0 atom stereocenters. The maximum absolute atomic E-state index is 13.1. The highest BCUT2D eigenvalue weighted by molar-refractivity contribution is 5.65. The highest BCUT2D eigenvalue weighted by Gasteiger charge is 2.37. The summed E-state index contributed by atoms with van der Waals surface area (Å²) < 4.78 is 83.4. The van der Waals surface area contributed by atoms with Gasteiger partial charge in [-0.1, -0.05) is 12.1 Å². The molecule has 0 amide bonds. The summed E-state index contributed by atoms with van der Waals surface area (Å²) in [4.78, 5) is 0. The lowest BCUT2D eigenvalue weighted by Crippen LogP contribution is -2.14. The third kappa shape index (κ3) is 4.48. The van der Waals surface area contributed by atoms with Crippen LogP contribution in [0.3, 0.4) is 0 Å². The number of aromatic nitrogens is 3. The standard InChI is InChI=1S/C18H10F6N4O/c19-17(20,21)12-4-5-14(18(22,23)24)11(6-12)9-29-13-3-1-2-10(7-13)16-15(8-25)26-28-27-16/h1-7H,9H2,(H,26,27,28). The van der Waals surface area contributed by atoms with Crippen LogP contribution in [0.25, 0.3) is 11.3 Å². The van der Waals surface area contributed by atoms with Crippen LogP contribution in [-0.2, 0) is 19.0 Å². The molecule has 0 saturated carbocycles. The number of hydrogen-bond acceptors (Lipinski definition) is 4. The zero-order valence-corrected chi connectivity index (χ0v) is 14.3. The molecule has 1 aromatic heterocycles. The number of nitrogens with zero attached hydrogens (tertiary/aromatic N) is 3. The molecule has 0 fully saturated rings. The first kappa shape index (κ1) is 20.2. The normalized spacial score (nSPS) is 11.9. The van der Waals surface area contributed by atoms with E-state index in [0.717, 1.165) is 0 Å². The lowest BCUT2D eigenvalue weighted by atomic mass is 10.0. The van der Waals surface area contributed by atoms with Crippen molar-refractivity contribution in [2.45, 2.75) is 19.0 Å². The molecule has 0 bridgehead atoms. The summed E-state index contributed by atoms with van der Waals surface area (Å²) in [5.74, 6) is 0.0833. The Morgan fingerprint density at radius 3 is 2.38 bits per heavy atom. The van der Waals surface area contributed by atoms with Crippen LogP contribution in [0, 0.1) is 11.3 Å². The monoisotopic (exact) mass is 412 g/mol. The highest BCUT2D eigenvalue weighted by Crippen LogP contribution is 2.37. The van der Waals surface area contributed by atoms with Crippen molar-refractivity contribution in [3.63, 3.8) is 0 Å². The smallest absolute Gasteiger partial charge is 0.416 e. The summed E-state index contributed by atoms with van der Waals surface area (Å²) in [7, 11) is 0. The van der Waals surface area contributed by atoms with E-state index in [4.69, 9.17) is 10.00 Å². The molecule has 2 aromatic carbocycles. The summed E-state index contributed by atoms with van der Waals surface area (Å²) in [6.07, 6.45) is -9.63. The molecule has 0 aliphatic carbocycles. The zero-order chi connectivity index (χ0) is 21.2. The minimum absolute atomic E-state index is 0.000568. The molecule has 11 heteroatoms.